The van der Waals surface area contributed by atoms with E-state index in [0.717, 1.165) is 11.0 Å². The molecule has 4 aromatic carbocycles. The summed E-state index contributed by atoms with van der Waals surface area (Å²) in [7, 11) is 0. The van der Waals surface area contributed by atoms with E-state index in [9.17, 15) is 19.8 Å². The van der Waals surface area contributed by atoms with Gasteiger partial charge in [0.1, 0.15) is 36.0 Å². The van der Waals surface area contributed by atoms with Gasteiger partial charge in [0, 0.05) is 10.8 Å². The lowest BCUT2D eigenvalue weighted by Gasteiger charge is -2.18. The number of phenols is 2. The van der Waals surface area contributed by atoms with Crippen molar-refractivity contribution >= 4 is 44.4 Å². The Bertz CT molecular complexity index is 2170. The normalized spacial score (nSPS) is 12.7. The molecule has 0 amide bonds. The lowest BCUT2D eigenvalue weighted by molar-refractivity contribution is -0.690. The highest BCUT2D eigenvalue weighted by Gasteiger charge is 2.45. The summed E-state index contributed by atoms with van der Waals surface area (Å²) in [4.78, 5) is 46.8. The minimum atomic E-state index is -0.583. The molecule has 0 saturated carbocycles. The Morgan fingerprint density at radius 1 is 0.651 bits per heavy atom. The highest BCUT2D eigenvalue weighted by Crippen LogP contribution is 2.43. The van der Waals surface area contributed by atoms with E-state index < -0.39 is 11.6 Å². The number of ketones is 2. The molecule has 10 nitrogen and oxygen atoms in total. The first kappa shape index (κ1) is 24.7. The van der Waals surface area contributed by atoms with Gasteiger partial charge >= 0.3 is 0 Å². The van der Waals surface area contributed by atoms with Crippen molar-refractivity contribution in [2.45, 2.75) is 13.1 Å². The summed E-state index contributed by atoms with van der Waals surface area (Å²) in [5.41, 5.74) is 3.71. The second-order valence-electron chi connectivity index (χ2n) is 10.4. The number of imidazole rings is 1. The molecule has 206 valence electrons. The fourth-order valence-corrected chi connectivity index (χ4v) is 5.85. The third kappa shape index (κ3) is 3.77. The first-order chi connectivity index (χ1) is 21.0. The molecule has 0 bridgehead atoms. The van der Waals surface area contributed by atoms with Crippen molar-refractivity contribution in [1.29, 1.82) is 0 Å². The number of carbonyl (C=O) groups is 2. The largest absolute Gasteiger partial charge is 0.506 e. The standard InChI is InChI=1S/C33H20N6O4/c40-30-20-7-1-2-8-21(20)31(41)27-26(30)32(42)28-29(33(27)43)39(16-19-14-35-23-10-4-6-12-25(23)37-19)17-38(28)15-18-13-34-22-9-3-5-11-24(22)36-18/h1-14,17H,15-16H2,(H-,34,35,36,37,40,41,42,43)/p+1. The lowest BCUT2D eigenvalue weighted by atomic mass is 9.85. The number of nitrogens with zero attached hydrogens (tertiary/aromatic N) is 6. The van der Waals surface area contributed by atoms with Gasteiger partial charge < -0.3 is 10.2 Å². The van der Waals surface area contributed by atoms with Gasteiger partial charge in [0.25, 0.3) is 0 Å². The Labute approximate surface area is 243 Å². The van der Waals surface area contributed by atoms with Crippen LogP contribution < -0.4 is 4.57 Å². The minimum absolute atomic E-state index is 0.0752. The maximum absolute atomic E-state index is 14.2. The maximum atomic E-state index is 14.2. The van der Waals surface area contributed by atoms with E-state index in [1.165, 1.54) is 0 Å². The summed E-state index contributed by atoms with van der Waals surface area (Å²) >= 11 is 0. The van der Waals surface area contributed by atoms with Gasteiger partial charge in [-0.15, -0.1) is 0 Å². The molecule has 3 heterocycles. The van der Waals surface area contributed by atoms with Crippen LogP contribution in [0.25, 0.3) is 32.8 Å². The van der Waals surface area contributed by atoms with Crippen LogP contribution in [0.5, 0.6) is 11.5 Å². The summed E-state index contributed by atoms with van der Waals surface area (Å²) in [5, 5.41) is 23.0. The molecule has 0 saturated heterocycles. The Morgan fingerprint density at radius 3 is 1.79 bits per heavy atom. The zero-order valence-corrected chi connectivity index (χ0v) is 22.5. The predicted molar refractivity (Wildman–Crippen MR) is 156 cm³/mol. The second kappa shape index (κ2) is 9.25. The van der Waals surface area contributed by atoms with Crippen LogP contribution in [0.15, 0.2) is 91.5 Å². The molecule has 10 heteroatoms. The maximum Gasteiger partial charge on any atom is 0.245 e. The zero-order chi connectivity index (χ0) is 29.2. The molecule has 8 rings (SSSR count). The van der Waals surface area contributed by atoms with Gasteiger partial charge in [-0.2, -0.15) is 0 Å². The molecule has 1 aliphatic carbocycles. The van der Waals surface area contributed by atoms with Gasteiger partial charge in [-0.05, 0) is 24.3 Å². The van der Waals surface area contributed by atoms with Crippen molar-refractivity contribution < 1.29 is 24.4 Å². The van der Waals surface area contributed by atoms with Gasteiger partial charge in [-0.1, -0.05) is 48.5 Å². The van der Waals surface area contributed by atoms with Crippen LogP contribution in [0.3, 0.4) is 0 Å². The fraction of sp³-hybridized carbons (Fsp3) is 0.0606. The minimum Gasteiger partial charge on any atom is -0.506 e. The SMILES string of the molecule is O=C1c2c(c(O)c3ccccc3c2O)C(=O)c2c1n(Cc1cnc3ccccc3n1)c[n+]2Cc1cnc2ccccc2n1. The number of rotatable bonds is 4. The van der Waals surface area contributed by atoms with E-state index >= 15 is 0 Å². The van der Waals surface area contributed by atoms with Crippen LogP contribution in [-0.2, 0) is 13.1 Å². The first-order valence-corrected chi connectivity index (χ1v) is 13.6. The Balaban J connectivity index is 1.32. The average Bonchev–Trinajstić information content (AvgIpc) is 3.39. The number of hydrogen-bond donors (Lipinski definition) is 2. The summed E-state index contributed by atoms with van der Waals surface area (Å²) in [6, 6.07) is 21.5. The molecule has 0 spiro atoms. The highest BCUT2D eigenvalue weighted by atomic mass is 16.3. The van der Waals surface area contributed by atoms with Gasteiger partial charge in [0.15, 0.2) is 0 Å². The van der Waals surface area contributed by atoms with E-state index in [4.69, 9.17) is 9.97 Å². The number of benzene rings is 4. The van der Waals surface area contributed by atoms with Crippen molar-refractivity contribution in [3.05, 3.63) is 125 Å². The number of aromatic nitrogens is 6. The van der Waals surface area contributed by atoms with Crippen molar-refractivity contribution in [2.24, 2.45) is 0 Å². The number of hydrogen-bond acceptors (Lipinski definition) is 8. The van der Waals surface area contributed by atoms with Crippen LogP contribution in [0.1, 0.15) is 43.5 Å². The summed E-state index contributed by atoms with van der Waals surface area (Å²) in [5.74, 6) is -1.87. The quantitative estimate of drug-likeness (QED) is 0.241. The Kier molecular flexibility index (Phi) is 5.32. The van der Waals surface area contributed by atoms with Crippen LogP contribution in [-0.4, -0.2) is 46.3 Å². The summed E-state index contributed by atoms with van der Waals surface area (Å²) in [6.45, 7) is 0.260. The molecule has 0 atom stereocenters. The highest BCUT2D eigenvalue weighted by molar-refractivity contribution is 6.30. The van der Waals surface area contributed by atoms with E-state index in [1.54, 1.807) is 52.1 Å². The van der Waals surface area contributed by atoms with Crippen LogP contribution in [0.4, 0.5) is 0 Å². The number of carbonyl (C=O) groups excluding carboxylic acids is 2. The smallest absolute Gasteiger partial charge is 0.245 e. The zero-order valence-electron chi connectivity index (χ0n) is 22.5. The molecule has 2 N–H and O–H groups in total. The van der Waals surface area contributed by atoms with Gasteiger partial charge in [0.05, 0.1) is 45.6 Å². The number of para-hydroxylation sites is 4. The van der Waals surface area contributed by atoms with E-state index in [0.29, 0.717) is 22.4 Å². The Morgan fingerprint density at radius 2 is 1.16 bits per heavy atom. The van der Waals surface area contributed by atoms with Gasteiger partial charge in [-0.25, -0.2) is 19.1 Å². The van der Waals surface area contributed by atoms with Gasteiger partial charge in [0.2, 0.25) is 29.3 Å². The van der Waals surface area contributed by atoms with Crippen LogP contribution in [0.2, 0.25) is 0 Å². The van der Waals surface area contributed by atoms with Crippen molar-refractivity contribution in [2.75, 3.05) is 0 Å². The third-order valence-electron chi connectivity index (χ3n) is 7.78. The second-order valence-corrected chi connectivity index (χ2v) is 10.4. The molecule has 43 heavy (non-hydrogen) atoms. The molecule has 0 aliphatic heterocycles. The average molecular weight is 566 g/mol. The molecule has 0 unspecified atom stereocenters. The third-order valence-corrected chi connectivity index (χ3v) is 7.78. The summed E-state index contributed by atoms with van der Waals surface area (Å²) in [6.07, 6.45) is 4.93. The van der Waals surface area contributed by atoms with Crippen LogP contribution in [0, 0.1) is 0 Å². The monoisotopic (exact) mass is 565 g/mol. The summed E-state index contributed by atoms with van der Waals surface area (Å²) < 4.78 is 3.27. The Hall–Kier alpha value is -6.03. The predicted octanol–water partition coefficient (Wildman–Crippen LogP) is 4.10. The van der Waals surface area contributed by atoms with Crippen LogP contribution >= 0.6 is 0 Å². The number of fused-ring (bicyclic) bond motifs is 5. The molecule has 7 aromatic rings. The molecular weight excluding hydrogens is 544 g/mol. The molecule has 0 fully saturated rings. The molecule has 3 aromatic heterocycles. The van der Waals surface area contributed by atoms with E-state index in [-0.39, 0.29) is 57.9 Å². The van der Waals surface area contributed by atoms with Gasteiger partial charge in [-0.3, -0.25) is 19.6 Å². The topological polar surface area (TPSA) is 135 Å². The number of phenolic OH excluding ortho intramolecular Hbond substituents is 2. The molecule has 1 aliphatic rings. The fourth-order valence-electron chi connectivity index (χ4n) is 5.85. The van der Waals surface area contributed by atoms with Crippen molar-refractivity contribution in [3.8, 4) is 11.5 Å². The lowest BCUT2D eigenvalue weighted by Crippen LogP contribution is -2.41. The molecule has 0 radical (unpaired) electrons. The van der Waals surface area contributed by atoms with E-state index in [1.807, 2.05) is 48.5 Å². The van der Waals surface area contributed by atoms with Crippen molar-refractivity contribution in [3.63, 3.8) is 0 Å². The van der Waals surface area contributed by atoms with E-state index in [2.05, 4.69) is 9.97 Å². The number of aromatic hydroxyl groups is 2. The molecular formula is C33H21N6O4+. The first-order valence-electron chi connectivity index (χ1n) is 13.6. The van der Waals surface area contributed by atoms with Crippen molar-refractivity contribution in [1.82, 2.24) is 24.5 Å².